The van der Waals surface area contributed by atoms with Gasteiger partial charge in [0.05, 0.1) is 37.2 Å². The van der Waals surface area contributed by atoms with Gasteiger partial charge in [-0.3, -0.25) is 9.69 Å². The molecule has 0 atom stereocenters. The second-order valence-electron chi connectivity index (χ2n) is 10.6. The van der Waals surface area contributed by atoms with E-state index in [1.807, 2.05) is 52.7 Å². The van der Waals surface area contributed by atoms with Crippen LogP contribution >= 0.6 is 0 Å². The molecule has 42 heavy (non-hydrogen) atoms. The van der Waals surface area contributed by atoms with Gasteiger partial charge in [0, 0.05) is 36.9 Å². The standard InChI is InChI=1S/C30H32F2N8O2/c1-38-21(13-18-5-3-4-6-23(18)38)15-26(41)36-22-8-7-19(14-24(22)42-2)28-27-29(33)34-17-35-30(27)40(37-28)20-9-11-39(12-10-20)16-25(31)32/h3-8,13-14,17,20,25H,9-12,15-16H2,1-2H3,(H,36,41)(H2,33,34,35). The molecule has 6 rings (SSSR count). The number of para-hydroxylation sites is 1. The first-order valence-electron chi connectivity index (χ1n) is 13.8. The number of anilines is 2. The molecule has 0 unspecified atom stereocenters. The monoisotopic (exact) mass is 574 g/mol. The van der Waals surface area contributed by atoms with Gasteiger partial charge in [-0.15, -0.1) is 0 Å². The molecule has 2 aromatic carbocycles. The Morgan fingerprint density at radius 2 is 1.93 bits per heavy atom. The minimum atomic E-state index is -2.35. The maximum Gasteiger partial charge on any atom is 0.251 e. The molecule has 0 aliphatic carbocycles. The fourth-order valence-electron chi connectivity index (χ4n) is 5.81. The number of fused-ring (bicyclic) bond motifs is 2. The van der Waals surface area contributed by atoms with Crippen molar-refractivity contribution < 1.29 is 18.3 Å². The first kappa shape index (κ1) is 27.6. The average molecular weight is 575 g/mol. The van der Waals surface area contributed by atoms with Crippen LogP contribution in [0.3, 0.4) is 0 Å². The van der Waals surface area contributed by atoms with Gasteiger partial charge >= 0.3 is 0 Å². The van der Waals surface area contributed by atoms with Gasteiger partial charge < -0.3 is 20.4 Å². The van der Waals surface area contributed by atoms with Crippen molar-refractivity contribution in [2.24, 2.45) is 7.05 Å². The number of nitrogens with zero attached hydrogens (tertiary/aromatic N) is 6. The van der Waals surface area contributed by atoms with Crippen LogP contribution in [0.25, 0.3) is 33.2 Å². The second kappa shape index (κ2) is 11.4. The Balaban J connectivity index is 1.26. The molecule has 218 valence electrons. The zero-order valence-corrected chi connectivity index (χ0v) is 23.4. The number of aryl methyl sites for hydroxylation is 1. The lowest BCUT2D eigenvalue weighted by Crippen LogP contribution is -2.37. The lowest BCUT2D eigenvalue weighted by molar-refractivity contribution is -0.115. The fraction of sp³-hybridized carbons (Fsp3) is 0.333. The number of piperidine rings is 1. The summed E-state index contributed by atoms with van der Waals surface area (Å²) in [6.07, 6.45) is 0.581. The van der Waals surface area contributed by atoms with Gasteiger partial charge in [-0.2, -0.15) is 5.10 Å². The second-order valence-corrected chi connectivity index (χ2v) is 10.6. The van der Waals surface area contributed by atoms with E-state index in [-0.39, 0.29) is 24.9 Å². The summed E-state index contributed by atoms with van der Waals surface area (Å²) in [5.41, 5.74) is 10.7. The molecule has 0 bridgehead atoms. The van der Waals surface area contributed by atoms with Crippen molar-refractivity contribution in [3.63, 3.8) is 0 Å². The molecule has 0 radical (unpaired) electrons. The highest BCUT2D eigenvalue weighted by molar-refractivity contribution is 6.00. The average Bonchev–Trinajstić information content (AvgIpc) is 3.52. The highest BCUT2D eigenvalue weighted by Gasteiger charge is 2.27. The molecule has 0 spiro atoms. The van der Waals surface area contributed by atoms with Gasteiger partial charge in [0.15, 0.2) is 5.65 Å². The van der Waals surface area contributed by atoms with E-state index in [0.717, 1.165) is 22.2 Å². The summed E-state index contributed by atoms with van der Waals surface area (Å²) < 4.78 is 35.3. The van der Waals surface area contributed by atoms with Gasteiger partial charge in [0.2, 0.25) is 5.91 Å². The highest BCUT2D eigenvalue weighted by atomic mass is 19.3. The fourth-order valence-corrected chi connectivity index (χ4v) is 5.81. The molecule has 5 aromatic rings. The minimum absolute atomic E-state index is 0.0147. The van der Waals surface area contributed by atoms with Crippen molar-refractivity contribution in [3.05, 3.63) is 60.6 Å². The van der Waals surface area contributed by atoms with E-state index in [4.69, 9.17) is 15.6 Å². The van der Waals surface area contributed by atoms with Crippen LogP contribution in [-0.2, 0) is 18.3 Å². The molecule has 1 saturated heterocycles. The maximum atomic E-state index is 13.0. The molecule has 1 amide bonds. The number of halogens is 2. The van der Waals surface area contributed by atoms with Crippen molar-refractivity contribution in [2.75, 3.05) is 37.8 Å². The number of likely N-dealkylation sites (tertiary alicyclic amines) is 1. The summed E-state index contributed by atoms with van der Waals surface area (Å²) in [4.78, 5) is 23.5. The van der Waals surface area contributed by atoms with E-state index in [0.29, 0.717) is 59.9 Å². The summed E-state index contributed by atoms with van der Waals surface area (Å²) in [6.45, 7) is 0.873. The molecule has 1 aliphatic heterocycles. The van der Waals surface area contributed by atoms with E-state index < -0.39 is 6.43 Å². The third-order valence-electron chi connectivity index (χ3n) is 7.96. The van der Waals surface area contributed by atoms with Crippen molar-refractivity contribution >= 4 is 39.3 Å². The molecule has 0 saturated carbocycles. The van der Waals surface area contributed by atoms with Gasteiger partial charge in [-0.1, -0.05) is 24.3 Å². The Hall–Kier alpha value is -4.58. The Bertz CT molecular complexity index is 1760. The van der Waals surface area contributed by atoms with Crippen LogP contribution in [0.5, 0.6) is 5.75 Å². The molecule has 1 fully saturated rings. The molecule has 12 heteroatoms. The Morgan fingerprint density at radius 3 is 2.67 bits per heavy atom. The lowest BCUT2D eigenvalue weighted by Gasteiger charge is -2.31. The number of nitrogens with two attached hydrogens (primary N) is 1. The number of carbonyl (C=O) groups is 1. The van der Waals surface area contributed by atoms with Crippen LogP contribution in [0.15, 0.2) is 54.9 Å². The third-order valence-corrected chi connectivity index (χ3v) is 7.96. The molecule has 3 N–H and O–H groups in total. The van der Waals surface area contributed by atoms with E-state index in [1.54, 1.807) is 24.1 Å². The number of ether oxygens (including phenoxy) is 1. The smallest absolute Gasteiger partial charge is 0.251 e. The SMILES string of the molecule is COc1cc(-c2nn(C3CCN(CC(F)F)CC3)c3ncnc(N)c23)ccc1NC(=O)Cc1cc2ccccc2n1C. The van der Waals surface area contributed by atoms with Gasteiger partial charge in [-0.05, 0) is 42.5 Å². The van der Waals surface area contributed by atoms with Crippen LogP contribution in [0.1, 0.15) is 24.6 Å². The van der Waals surface area contributed by atoms with E-state index >= 15 is 0 Å². The van der Waals surface area contributed by atoms with Gasteiger partial charge in [0.25, 0.3) is 6.43 Å². The number of aromatic nitrogens is 5. The van der Waals surface area contributed by atoms with Crippen molar-refractivity contribution in [1.29, 1.82) is 0 Å². The number of amides is 1. The van der Waals surface area contributed by atoms with Crippen molar-refractivity contribution in [1.82, 2.24) is 29.2 Å². The van der Waals surface area contributed by atoms with E-state index in [2.05, 4.69) is 15.3 Å². The maximum absolute atomic E-state index is 13.0. The molecular weight excluding hydrogens is 542 g/mol. The minimum Gasteiger partial charge on any atom is -0.495 e. The van der Waals surface area contributed by atoms with Crippen molar-refractivity contribution in [3.8, 4) is 17.0 Å². The Morgan fingerprint density at radius 1 is 1.14 bits per heavy atom. The number of nitrogen functional groups attached to an aromatic ring is 1. The number of alkyl halides is 2. The third kappa shape index (κ3) is 5.25. The number of carbonyl (C=O) groups excluding carboxylic acids is 1. The first-order chi connectivity index (χ1) is 20.3. The molecule has 4 heterocycles. The number of nitrogens with one attached hydrogen (secondary N) is 1. The largest absolute Gasteiger partial charge is 0.495 e. The molecule has 1 aliphatic rings. The van der Waals surface area contributed by atoms with Crippen LogP contribution in [-0.4, -0.2) is 68.3 Å². The Labute approximate surface area is 241 Å². The number of hydrogen-bond donors (Lipinski definition) is 2. The molecule has 10 nitrogen and oxygen atoms in total. The van der Waals surface area contributed by atoms with E-state index in [1.165, 1.54) is 6.33 Å². The zero-order chi connectivity index (χ0) is 29.4. The summed E-state index contributed by atoms with van der Waals surface area (Å²) in [5.74, 6) is 0.594. The van der Waals surface area contributed by atoms with Crippen LogP contribution in [0.4, 0.5) is 20.3 Å². The number of benzene rings is 2. The molecular formula is C30H32F2N8O2. The van der Waals surface area contributed by atoms with E-state index in [9.17, 15) is 13.6 Å². The first-order valence-corrected chi connectivity index (χ1v) is 13.8. The summed E-state index contributed by atoms with van der Waals surface area (Å²) in [6, 6.07) is 15.4. The number of rotatable bonds is 8. The predicted octanol–water partition coefficient (Wildman–Crippen LogP) is 4.66. The topological polar surface area (TPSA) is 116 Å². The lowest BCUT2D eigenvalue weighted by atomic mass is 10.1. The van der Waals surface area contributed by atoms with Crippen LogP contribution < -0.4 is 15.8 Å². The Kier molecular flexibility index (Phi) is 7.46. The zero-order valence-electron chi connectivity index (χ0n) is 23.4. The summed E-state index contributed by atoms with van der Waals surface area (Å²) in [5, 5.41) is 9.57. The van der Waals surface area contributed by atoms with Gasteiger partial charge in [0.1, 0.15) is 23.6 Å². The summed E-state index contributed by atoms with van der Waals surface area (Å²) in [7, 11) is 3.49. The quantitative estimate of drug-likeness (QED) is 0.277. The highest BCUT2D eigenvalue weighted by Crippen LogP contribution is 2.37. The number of methoxy groups -OCH3 is 1. The number of hydrogen-bond acceptors (Lipinski definition) is 7. The predicted molar refractivity (Wildman–Crippen MR) is 158 cm³/mol. The van der Waals surface area contributed by atoms with Crippen LogP contribution in [0.2, 0.25) is 0 Å². The van der Waals surface area contributed by atoms with Gasteiger partial charge in [-0.25, -0.2) is 23.4 Å². The van der Waals surface area contributed by atoms with Crippen molar-refractivity contribution in [2.45, 2.75) is 31.7 Å². The normalized spacial score (nSPS) is 14.7. The van der Waals surface area contributed by atoms with Crippen LogP contribution in [0, 0.1) is 0 Å². The molecule has 3 aromatic heterocycles. The summed E-state index contributed by atoms with van der Waals surface area (Å²) >= 11 is 0.